The van der Waals surface area contributed by atoms with Gasteiger partial charge in [-0.15, -0.1) is 0 Å². The van der Waals surface area contributed by atoms with E-state index in [4.69, 9.17) is 0 Å². The summed E-state index contributed by atoms with van der Waals surface area (Å²) in [6.07, 6.45) is 7.90. The molecule has 3 atom stereocenters. The van der Waals surface area contributed by atoms with Crippen molar-refractivity contribution in [1.29, 1.82) is 0 Å². The molecule has 0 amide bonds. The van der Waals surface area contributed by atoms with Crippen LogP contribution < -0.4 is 5.32 Å². The molecule has 1 N–H and O–H groups in total. The Balaban J connectivity index is 1.80. The first kappa shape index (κ1) is 13.2. The molecular weight excluding hydrogens is 246 g/mol. The number of anilines is 2. The minimum absolute atomic E-state index is 0.577. The van der Waals surface area contributed by atoms with E-state index in [9.17, 15) is 0 Å². The van der Waals surface area contributed by atoms with Crippen LogP contribution in [0.2, 0.25) is 0 Å². The molecule has 1 aliphatic carbocycles. The molecule has 3 heteroatoms. The molecule has 20 heavy (non-hydrogen) atoms. The lowest BCUT2D eigenvalue weighted by atomic mass is 9.93. The predicted octanol–water partition coefficient (Wildman–Crippen LogP) is 4.62. The van der Waals surface area contributed by atoms with E-state index in [1.54, 1.807) is 0 Å². The van der Waals surface area contributed by atoms with Crippen LogP contribution in [0.15, 0.2) is 42.7 Å². The predicted molar refractivity (Wildman–Crippen MR) is 83.2 cm³/mol. The Labute approximate surface area is 121 Å². The molecule has 3 rings (SSSR count). The summed E-state index contributed by atoms with van der Waals surface area (Å²) in [5.41, 5.74) is 1.10. The Hall–Kier alpha value is -1.77. The van der Waals surface area contributed by atoms with Crippen molar-refractivity contribution in [2.45, 2.75) is 39.2 Å². The molecule has 1 fully saturated rings. The SMILES string of the molecule is CCC1CCC(n2ccnc2Nc2ccccc2)C1C. The Bertz CT molecular complexity index is 546. The smallest absolute Gasteiger partial charge is 0.207 e. The van der Waals surface area contributed by atoms with Crippen molar-refractivity contribution in [3.8, 4) is 0 Å². The standard InChI is InChI=1S/C17H23N3/c1-3-14-9-10-16(13(14)2)20-12-11-18-17(20)19-15-7-5-4-6-8-15/h4-8,11-14,16H,3,9-10H2,1-2H3,(H,18,19). The quantitative estimate of drug-likeness (QED) is 0.877. The molecule has 0 spiro atoms. The van der Waals surface area contributed by atoms with E-state index >= 15 is 0 Å². The van der Waals surface area contributed by atoms with Gasteiger partial charge in [0.15, 0.2) is 0 Å². The topological polar surface area (TPSA) is 29.9 Å². The average Bonchev–Trinajstić information content (AvgIpc) is 3.06. The van der Waals surface area contributed by atoms with E-state index in [0.29, 0.717) is 6.04 Å². The molecule has 0 saturated heterocycles. The summed E-state index contributed by atoms with van der Waals surface area (Å²) >= 11 is 0. The summed E-state index contributed by atoms with van der Waals surface area (Å²) in [5, 5.41) is 3.43. The van der Waals surface area contributed by atoms with Crippen molar-refractivity contribution >= 4 is 11.6 Å². The zero-order chi connectivity index (χ0) is 13.9. The normalized spacial score (nSPS) is 25.8. The fraction of sp³-hybridized carbons (Fsp3) is 0.471. The van der Waals surface area contributed by atoms with Crippen LogP contribution in [0.4, 0.5) is 11.6 Å². The van der Waals surface area contributed by atoms with Gasteiger partial charge in [-0.2, -0.15) is 0 Å². The molecule has 1 aliphatic rings. The van der Waals surface area contributed by atoms with Crippen LogP contribution in [-0.2, 0) is 0 Å². The van der Waals surface area contributed by atoms with Gasteiger partial charge in [-0.3, -0.25) is 0 Å². The van der Waals surface area contributed by atoms with Crippen molar-refractivity contribution in [3.63, 3.8) is 0 Å². The summed E-state index contributed by atoms with van der Waals surface area (Å²) in [6, 6.07) is 10.8. The number of nitrogens with one attached hydrogen (secondary N) is 1. The first-order valence-corrected chi connectivity index (χ1v) is 7.64. The highest BCUT2D eigenvalue weighted by Crippen LogP contribution is 2.42. The lowest BCUT2D eigenvalue weighted by Gasteiger charge is -2.23. The molecule has 1 aromatic carbocycles. The molecule has 0 radical (unpaired) electrons. The molecule has 3 nitrogen and oxygen atoms in total. The molecule has 106 valence electrons. The largest absolute Gasteiger partial charge is 0.326 e. The van der Waals surface area contributed by atoms with Gasteiger partial charge < -0.3 is 9.88 Å². The number of nitrogens with zero attached hydrogens (tertiary/aromatic N) is 2. The summed E-state index contributed by atoms with van der Waals surface area (Å²) in [6.45, 7) is 4.69. The summed E-state index contributed by atoms with van der Waals surface area (Å²) in [4.78, 5) is 4.49. The van der Waals surface area contributed by atoms with Crippen molar-refractivity contribution in [1.82, 2.24) is 9.55 Å². The maximum Gasteiger partial charge on any atom is 0.207 e. The summed E-state index contributed by atoms with van der Waals surface area (Å²) in [7, 11) is 0. The fourth-order valence-corrected chi connectivity index (χ4v) is 3.52. The van der Waals surface area contributed by atoms with Gasteiger partial charge in [0.2, 0.25) is 5.95 Å². The Kier molecular flexibility index (Phi) is 3.77. The third-order valence-electron chi connectivity index (χ3n) is 4.76. The van der Waals surface area contributed by atoms with E-state index < -0.39 is 0 Å². The first-order chi connectivity index (χ1) is 9.79. The van der Waals surface area contributed by atoms with Crippen LogP contribution in [0.25, 0.3) is 0 Å². The molecule has 1 saturated carbocycles. The Morgan fingerprint density at radius 3 is 2.75 bits per heavy atom. The zero-order valence-corrected chi connectivity index (χ0v) is 12.3. The molecular formula is C17H23N3. The second-order valence-electron chi connectivity index (χ2n) is 5.82. The van der Waals surface area contributed by atoms with Gasteiger partial charge in [0, 0.05) is 24.1 Å². The Morgan fingerprint density at radius 2 is 2.05 bits per heavy atom. The number of rotatable bonds is 4. The number of hydrogen-bond donors (Lipinski definition) is 1. The van der Waals surface area contributed by atoms with Gasteiger partial charge >= 0.3 is 0 Å². The first-order valence-electron chi connectivity index (χ1n) is 7.64. The van der Waals surface area contributed by atoms with E-state index in [2.05, 4.69) is 47.0 Å². The van der Waals surface area contributed by atoms with E-state index in [1.807, 2.05) is 24.4 Å². The van der Waals surface area contributed by atoms with Crippen LogP contribution in [0, 0.1) is 11.8 Å². The van der Waals surface area contributed by atoms with Gasteiger partial charge in [0.25, 0.3) is 0 Å². The molecule has 2 aromatic rings. The number of aromatic nitrogens is 2. The van der Waals surface area contributed by atoms with Crippen molar-refractivity contribution in [2.75, 3.05) is 5.32 Å². The third kappa shape index (κ3) is 2.45. The van der Waals surface area contributed by atoms with E-state index in [0.717, 1.165) is 23.5 Å². The maximum atomic E-state index is 4.49. The molecule has 0 aliphatic heterocycles. The molecule has 0 bridgehead atoms. The number of imidazole rings is 1. The highest BCUT2D eigenvalue weighted by Gasteiger charge is 2.33. The maximum absolute atomic E-state index is 4.49. The summed E-state index contributed by atoms with van der Waals surface area (Å²) in [5.74, 6) is 2.54. The molecule has 1 aromatic heterocycles. The Morgan fingerprint density at radius 1 is 1.25 bits per heavy atom. The second-order valence-corrected chi connectivity index (χ2v) is 5.82. The van der Waals surface area contributed by atoms with Crippen LogP contribution in [0.3, 0.4) is 0 Å². The van der Waals surface area contributed by atoms with Crippen LogP contribution in [0.1, 0.15) is 39.2 Å². The number of hydrogen-bond acceptors (Lipinski definition) is 2. The number of benzene rings is 1. The minimum atomic E-state index is 0.577. The van der Waals surface area contributed by atoms with Gasteiger partial charge in [-0.1, -0.05) is 38.5 Å². The van der Waals surface area contributed by atoms with E-state index in [1.165, 1.54) is 19.3 Å². The zero-order valence-electron chi connectivity index (χ0n) is 12.3. The van der Waals surface area contributed by atoms with Gasteiger partial charge in [0.1, 0.15) is 0 Å². The lowest BCUT2D eigenvalue weighted by molar-refractivity contribution is 0.331. The van der Waals surface area contributed by atoms with Crippen molar-refractivity contribution in [3.05, 3.63) is 42.7 Å². The molecule has 3 unspecified atom stereocenters. The van der Waals surface area contributed by atoms with Crippen LogP contribution in [-0.4, -0.2) is 9.55 Å². The van der Waals surface area contributed by atoms with Crippen molar-refractivity contribution in [2.24, 2.45) is 11.8 Å². The second kappa shape index (κ2) is 5.70. The van der Waals surface area contributed by atoms with Gasteiger partial charge in [0.05, 0.1) is 0 Å². The van der Waals surface area contributed by atoms with Crippen LogP contribution in [0.5, 0.6) is 0 Å². The lowest BCUT2D eigenvalue weighted by Crippen LogP contribution is -2.16. The monoisotopic (exact) mass is 269 g/mol. The third-order valence-corrected chi connectivity index (χ3v) is 4.76. The fourth-order valence-electron chi connectivity index (χ4n) is 3.52. The van der Waals surface area contributed by atoms with Gasteiger partial charge in [-0.05, 0) is 36.8 Å². The summed E-state index contributed by atoms with van der Waals surface area (Å²) < 4.78 is 2.33. The average molecular weight is 269 g/mol. The molecule has 1 heterocycles. The highest BCUT2D eigenvalue weighted by molar-refractivity contribution is 5.53. The highest BCUT2D eigenvalue weighted by atomic mass is 15.2. The van der Waals surface area contributed by atoms with Gasteiger partial charge in [-0.25, -0.2) is 4.98 Å². The minimum Gasteiger partial charge on any atom is -0.326 e. The number of para-hydroxylation sites is 1. The van der Waals surface area contributed by atoms with Crippen molar-refractivity contribution < 1.29 is 0 Å². The van der Waals surface area contributed by atoms with Crippen LogP contribution >= 0.6 is 0 Å². The van der Waals surface area contributed by atoms with E-state index in [-0.39, 0.29) is 0 Å².